The molecule has 3 rings (SSSR count). The van der Waals surface area contributed by atoms with Crippen LogP contribution in [-0.2, 0) is 19.1 Å². The van der Waals surface area contributed by atoms with Gasteiger partial charge in [-0.1, -0.05) is 0 Å². The molecule has 0 radical (unpaired) electrons. The number of hydrogen-bond donors (Lipinski definition) is 1. The molecule has 0 unspecified atom stereocenters. The van der Waals surface area contributed by atoms with Crippen molar-refractivity contribution in [3.8, 4) is 11.5 Å². The summed E-state index contributed by atoms with van der Waals surface area (Å²) in [6, 6.07) is 10.1. The van der Waals surface area contributed by atoms with Gasteiger partial charge in [-0.3, -0.25) is 9.59 Å². The van der Waals surface area contributed by atoms with Gasteiger partial charge in [0.15, 0.2) is 17.2 Å². The third-order valence-corrected chi connectivity index (χ3v) is 4.67. The molecule has 0 saturated carbocycles. The zero-order valence-electron chi connectivity index (χ0n) is 16.3. The lowest BCUT2D eigenvalue weighted by molar-refractivity contribution is -0.132. The predicted octanol–water partition coefficient (Wildman–Crippen LogP) is 3.53. The smallest absolute Gasteiger partial charge is 0.363 e. The molecule has 0 spiro atoms. The molecule has 30 heavy (non-hydrogen) atoms. The first-order chi connectivity index (χ1) is 14.3. The molecule has 0 bridgehead atoms. The van der Waals surface area contributed by atoms with Gasteiger partial charge in [0.2, 0.25) is 11.8 Å². The number of amides is 1. The number of hydrogen-bond acceptors (Lipinski definition) is 7. The highest BCUT2D eigenvalue weighted by Gasteiger charge is 2.24. The van der Waals surface area contributed by atoms with Gasteiger partial charge < -0.3 is 19.5 Å². The molecule has 1 aliphatic rings. The first kappa shape index (κ1) is 21.5. The molecule has 0 saturated heterocycles. The zero-order valence-corrected chi connectivity index (χ0v) is 18.5. The van der Waals surface area contributed by atoms with Gasteiger partial charge in [-0.05, 0) is 70.6 Å². The van der Waals surface area contributed by atoms with Gasteiger partial charge in [-0.15, -0.1) is 0 Å². The van der Waals surface area contributed by atoms with Crippen LogP contribution in [0.2, 0.25) is 0 Å². The average molecular weight is 520 g/mol. The number of carbonyl (C=O) groups is 3. The van der Waals surface area contributed by atoms with Gasteiger partial charge in [-0.2, -0.15) is 0 Å². The van der Waals surface area contributed by atoms with Gasteiger partial charge in [-0.25, -0.2) is 9.79 Å². The third-order valence-electron chi connectivity index (χ3n) is 3.87. The predicted molar refractivity (Wildman–Crippen MR) is 118 cm³/mol. The molecular weight excluding hydrogens is 503 g/mol. The highest BCUT2D eigenvalue weighted by molar-refractivity contribution is 14.1. The van der Waals surface area contributed by atoms with Crippen LogP contribution >= 0.6 is 22.6 Å². The highest BCUT2D eigenvalue weighted by Crippen LogP contribution is 2.35. The van der Waals surface area contributed by atoms with Crippen LogP contribution in [0, 0.1) is 3.57 Å². The number of esters is 2. The standard InChI is InChI=1S/C21H17IN2O6/c1-11(25)23-15-6-4-14(5-7-15)20-24-17(21(27)30-20)9-13-8-16(22)19(29-12(2)26)18(10-13)28-3/h4-10H,1-3H3,(H,23,25)/b17-9-. The maximum absolute atomic E-state index is 12.3. The zero-order chi connectivity index (χ0) is 21.8. The lowest BCUT2D eigenvalue weighted by atomic mass is 10.1. The number of nitrogens with zero attached hydrogens (tertiary/aromatic N) is 1. The lowest BCUT2D eigenvalue weighted by Gasteiger charge is -2.11. The lowest BCUT2D eigenvalue weighted by Crippen LogP contribution is -2.07. The van der Waals surface area contributed by atoms with E-state index in [9.17, 15) is 14.4 Å². The molecule has 1 amide bonds. The number of anilines is 1. The molecule has 0 aliphatic carbocycles. The van der Waals surface area contributed by atoms with Crippen molar-refractivity contribution in [2.75, 3.05) is 12.4 Å². The second-order valence-electron chi connectivity index (χ2n) is 6.22. The quantitative estimate of drug-likeness (QED) is 0.280. The van der Waals surface area contributed by atoms with Crippen LogP contribution in [0.4, 0.5) is 5.69 Å². The van der Waals surface area contributed by atoms with Crippen molar-refractivity contribution in [1.29, 1.82) is 0 Å². The summed E-state index contributed by atoms with van der Waals surface area (Å²) in [6.45, 7) is 2.72. The second-order valence-corrected chi connectivity index (χ2v) is 7.38. The summed E-state index contributed by atoms with van der Waals surface area (Å²) in [4.78, 5) is 38.9. The Labute approximate surface area is 186 Å². The molecule has 1 aliphatic heterocycles. The van der Waals surface area contributed by atoms with E-state index < -0.39 is 11.9 Å². The largest absolute Gasteiger partial charge is 0.493 e. The highest BCUT2D eigenvalue weighted by atomic mass is 127. The van der Waals surface area contributed by atoms with Crippen LogP contribution in [0.25, 0.3) is 6.08 Å². The molecule has 2 aromatic rings. The summed E-state index contributed by atoms with van der Waals surface area (Å²) in [7, 11) is 1.46. The normalized spacial score (nSPS) is 14.2. The van der Waals surface area contributed by atoms with Crippen LogP contribution in [0.5, 0.6) is 11.5 Å². The van der Waals surface area contributed by atoms with Crippen molar-refractivity contribution < 1.29 is 28.6 Å². The van der Waals surface area contributed by atoms with Crippen LogP contribution < -0.4 is 14.8 Å². The summed E-state index contributed by atoms with van der Waals surface area (Å²) in [5.74, 6) is -0.399. The Balaban J connectivity index is 1.89. The van der Waals surface area contributed by atoms with E-state index in [2.05, 4.69) is 10.3 Å². The number of methoxy groups -OCH3 is 1. The summed E-state index contributed by atoms with van der Waals surface area (Å²) in [5.41, 5.74) is 1.97. The first-order valence-corrected chi connectivity index (χ1v) is 9.81. The molecule has 1 N–H and O–H groups in total. The van der Waals surface area contributed by atoms with Crippen LogP contribution in [0.3, 0.4) is 0 Å². The summed E-state index contributed by atoms with van der Waals surface area (Å²) >= 11 is 2.02. The molecule has 0 fully saturated rings. The number of benzene rings is 2. The fraction of sp³-hybridized carbons (Fsp3) is 0.143. The Morgan fingerprint density at radius 2 is 1.87 bits per heavy atom. The molecule has 0 aromatic heterocycles. The van der Waals surface area contributed by atoms with Crippen LogP contribution in [-0.4, -0.2) is 30.9 Å². The van der Waals surface area contributed by atoms with Gasteiger partial charge >= 0.3 is 11.9 Å². The molecule has 1 heterocycles. The molecular formula is C21H17IN2O6. The molecule has 0 atom stereocenters. The molecule has 154 valence electrons. The first-order valence-electron chi connectivity index (χ1n) is 8.73. The van der Waals surface area contributed by atoms with E-state index in [4.69, 9.17) is 14.2 Å². The summed E-state index contributed by atoms with van der Waals surface area (Å²) in [5, 5.41) is 2.66. The van der Waals surface area contributed by atoms with E-state index in [0.29, 0.717) is 31.9 Å². The number of rotatable bonds is 5. The fourth-order valence-corrected chi connectivity index (χ4v) is 3.39. The SMILES string of the molecule is COc1cc(/C=C2\N=C(c3ccc(NC(C)=O)cc3)OC2=O)cc(I)c1OC(C)=O. The third kappa shape index (κ3) is 5.03. The Morgan fingerprint density at radius 1 is 1.17 bits per heavy atom. The topological polar surface area (TPSA) is 103 Å². The fourth-order valence-electron chi connectivity index (χ4n) is 2.66. The van der Waals surface area contributed by atoms with Gasteiger partial charge in [0.05, 0.1) is 10.7 Å². The Bertz CT molecular complexity index is 1090. The van der Waals surface area contributed by atoms with E-state index >= 15 is 0 Å². The summed E-state index contributed by atoms with van der Waals surface area (Å²) < 4.78 is 16.4. The number of ether oxygens (including phenoxy) is 3. The number of nitrogens with one attached hydrogen (secondary N) is 1. The van der Waals surface area contributed by atoms with E-state index in [1.165, 1.54) is 21.0 Å². The van der Waals surface area contributed by atoms with E-state index in [-0.39, 0.29) is 17.5 Å². The van der Waals surface area contributed by atoms with Crippen molar-refractivity contribution in [3.63, 3.8) is 0 Å². The van der Waals surface area contributed by atoms with Crippen LogP contribution in [0.1, 0.15) is 25.0 Å². The maximum atomic E-state index is 12.3. The number of aliphatic imine (C=N–C) groups is 1. The monoisotopic (exact) mass is 520 g/mol. The minimum atomic E-state index is -0.589. The number of cyclic esters (lactones) is 1. The van der Waals surface area contributed by atoms with Crippen molar-refractivity contribution in [2.24, 2.45) is 4.99 Å². The van der Waals surface area contributed by atoms with E-state index in [1.54, 1.807) is 42.5 Å². The second kappa shape index (κ2) is 9.08. The van der Waals surface area contributed by atoms with E-state index in [1.807, 2.05) is 22.6 Å². The minimum Gasteiger partial charge on any atom is -0.493 e. The Kier molecular flexibility index (Phi) is 6.50. The maximum Gasteiger partial charge on any atom is 0.363 e. The molecule has 8 nitrogen and oxygen atoms in total. The molecule has 2 aromatic carbocycles. The van der Waals surface area contributed by atoms with Crippen molar-refractivity contribution in [2.45, 2.75) is 13.8 Å². The Morgan fingerprint density at radius 3 is 2.47 bits per heavy atom. The molecule has 9 heteroatoms. The van der Waals surface area contributed by atoms with Crippen molar-refractivity contribution in [3.05, 3.63) is 56.8 Å². The van der Waals surface area contributed by atoms with Gasteiger partial charge in [0.25, 0.3) is 0 Å². The van der Waals surface area contributed by atoms with Gasteiger partial charge in [0.1, 0.15) is 0 Å². The van der Waals surface area contributed by atoms with Crippen LogP contribution in [0.15, 0.2) is 47.1 Å². The minimum absolute atomic E-state index is 0.119. The summed E-state index contributed by atoms with van der Waals surface area (Å²) in [6.07, 6.45) is 1.56. The Hall–Kier alpha value is -3.21. The van der Waals surface area contributed by atoms with Crippen molar-refractivity contribution in [1.82, 2.24) is 0 Å². The van der Waals surface area contributed by atoms with Crippen molar-refractivity contribution >= 4 is 58.1 Å². The average Bonchev–Trinajstić information content (AvgIpc) is 3.04. The van der Waals surface area contributed by atoms with E-state index in [0.717, 1.165) is 0 Å². The number of carbonyl (C=O) groups excluding carboxylic acids is 3. The number of halogens is 1. The van der Waals surface area contributed by atoms with Gasteiger partial charge in [0, 0.05) is 25.1 Å².